The number of aliphatic hydroxyl groups excluding tert-OH is 1. The van der Waals surface area contributed by atoms with E-state index in [-0.39, 0.29) is 22.1 Å². The van der Waals surface area contributed by atoms with Gasteiger partial charge in [-0.1, -0.05) is 11.6 Å². The molecule has 0 bridgehead atoms. The normalized spacial score (nSPS) is 18.1. The third-order valence-electron chi connectivity index (χ3n) is 3.09. The molecule has 0 aromatic carbocycles. The zero-order valence-electron chi connectivity index (χ0n) is 10.4. The van der Waals surface area contributed by atoms with Gasteiger partial charge in [0.2, 0.25) is 5.78 Å². The van der Waals surface area contributed by atoms with Gasteiger partial charge in [0.25, 0.3) is 0 Å². The number of rotatable bonds is 2. The molecule has 3 nitrogen and oxygen atoms in total. The van der Waals surface area contributed by atoms with E-state index in [9.17, 15) is 9.90 Å². The average Bonchev–Trinajstić information content (AvgIpc) is 2.95. The summed E-state index contributed by atoms with van der Waals surface area (Å²) in [7, 11) is 0. The van der Waals surface area contributed by atoms with Crippen molar-refractivity contribution in [1.82, 2.24) is 0 Å². The molecule has 2 aliphatic rings. The Bertz CT molecular complexity index is 755. The molecule has 1 aliphatic carbocycles. The molecule has 1 aliphatic heterocycles. The van der Waals surface area contributed by atoms with Crippen molar-refractivity contribution in [3.63, 3.8) is 0 Å². The van der Waals surface area contributed by atoms with Crippen molar-refractivity contribution in [3.05, 3.63) is 54.5 Å². The molecule has 0 spiro atoms. The number of aliphatic imine (C=N–C) groups is 1. The Morgan fingerprint density at radius 2 is 2.25 bits per heavy atom. The Hall–Kier alpha value is -1.17. The zero-order valence-corrected chi connectivity index (χ0v) is 13.6. The summed E-state index contributed by atoms with van der Waals surface area (Å²) < 4.78 is 0.865. The highest BCUT2D eigenvalue weighted by Gasteiger charge is 2.32. The predicted molar refractivity (Wildman–Crippen MR) is 84.7 cm³/mol. The van der Waals surface area contributed by atoms with Gasteiger partial charge in [-0.15, -0.1) is 11.3 Å². The van der Waals surface area contributed by atoms with Gasteiger partial charge in [0, 0.05) is 17.7 Å². The molecule has 0 unspecified atom stereocenters. The first-order valence-electron chi connectivity index (χ1n) is 5.86. The molecule has 1 aromatic rings. The summed E-state index contributed by atoms with van der Waals surface area (Å²) >= 11 is 10.7. The molecule has 6 heteroatoms. The van der Waals surface area contributed by atoms with Gasteiger partial charge in [-0.3, -0.25) is 9.79 Å². The van der Waals surface area contributed by atoms with Gasteiger partial charge in [-0.25, -0.2) is 0 Å². The number of hydrogen-bond donors (Lipinski definition) is 1. The fourth-order valence-corrected chi connectivity index (χ4v) is 3.79. The van der Waals surface area contributed by atoms with E-state index in [2.05, 4.69) is 20.9 Å². The first kappa shape index (κ1) is 13.8. The van der Waals surface area contributed by atoms with Crippen LogP contribution in [-0.2, 0) is 0 Å². The van der Waals surface area contributed by atoms with Crippen LogP contribution in [0.5, 0.6) is 0 Å². The second-order valence-electron chi connectivity index (χ2n) is 4.50. The molecule has 0 atom stereocenters. The van der Waals surface area contributed by atoms with E-state index in [4.69, 9.17) is 11.6 Å². The van der Waals surface area contributed by atoms with Crippen molar-refractivity contribution < 1.29 is 9.90 Å². The Balaban J connectivity index is 2.16. The van der Waals surface area contributed by atoms with E-state index in [1.54, 1.807) is 12.1 Å². The highest BCUT2D eigenvalue weighted by Crippen LogP contribution is 2.37. The number of hydrogen-bond acceptors (Lipinski definition) is 4. The SMILES string of the molecule is CC1=CC2=C(C(=O)c3ccc(Br)s3)C(O)=C(Cl)CC2=N1. The Kier molecular flexibility index (Phi) is 3.44. The molecule has 2 heterocycles. The Labute approximate surface area is 133 Å². The lowest BCUT2D eigenvalue weighted by Gasteiger charge is -2.17. The van der Waals surface area contributed by atoms with E-state index in [0.29, 0.717) is 16.9 Å². The summed E-state index contributed by atoms with van der Waals surface area (Å²) in [6.07, 6.45) is 2.17. The Morgan fingerprint density at radius 1 is 1.50 bits per heavy atom. The molecule has 20 heavy (non-hydrogen) atoms. The van der Waals surface area contributed by atoms with Gasteiger partial charge in [0.05, 0.1) is 25.0 Å². The molecular weight excluding hydrogens is 362 g/mol. The van der Waals surface area contributed by atoms with Crippen molar-refractivity contribution >= 4 is 50.4 Å². The summed E-state index contributed by atoms with van der Waals surface area (Å²) in [5.74, 6) is -0.370. The number of allylic oxidation sites excluding steroid dienone is 5. The molecule has 1 N–H and O–H groups in total. The van der Waals surface area contributed by atoms with Crippen molar-refractivity contribution in [1.29, 1.82) is 0 Å². The number of carbonyl (C=O) groups excluding carboxylic acids is 1. The predicted octanol–water partition coefficient (Wildman–Crippen LogP) is 4.76. The third-order valence-corrected chi connectivity index (χ3v) is 5.02. The lowest BCUT2D eigenvalue weighted by atomic mass is 9.91. The van der Waals surface area contributed by atoms with Crippen LogP contribution >= 0.6 is 38.9 Å². The first-order chi connectivity index (χ1) is 9.47. The third kappa shape index (κ3) is 2.20. The highest BCUT2D eigenvalue weighted by atomic mass is 79.9. The summed E-state index contributed by atoms with van der Waals surface area (Å²) in [6.45, 7) is 1.85. The van der Waals surface area contributed by atoms with Gasteiger partial charge in [-0.05, 0) is 41.1 Å². The molecular formula is C14H9BrClNO2S. The molecule has 0 fully saturated rings. The molecule has 0 saturated carbocycles. The van der Waals surface area contributed by atoms with E-state index >= 15 is 0 Å². The summed E-state index contributed by atoms with van der Waals surface area (Å²) in [5, 5.41) is 10.4. The number of aliphatic hydroxyl groups is 1. The maximum Gasteiger partial charge on any atom is 0.207 e. The maximum absolute atomic E-state index is 12.6. The van der Waals surface area contributed by atoms with Gasteiger partial charge < -0.3 is 5.11 Å². The van der Waals surface area contributed by atoms with Gasteiger partial charge in [-0.2, -0.15) is 0 Å². The topological polar surface area (TPSA) is 49.7 Å². The standard InChI is InChI=1S/C14H9BrClNO2S/c1-6-4-7-9(17-6)5-8(16)13(18)12(7)14(19)10-2-3-11(15)20-10/h2-4,18H,5H2,1H3. The molecule has 0 amide bonds. The van der Waals surface area contributed by atoms with Crippen LogP contribution in [0.15, 0.2) is 54.6 Å². The highest BCUT2D eigenvalue weighted by molar-refractivity contribution is 9.11. The van der Waals surface area contributed by atoms with E-state index in [1.807, 2.05) is 13.0 Å². The van der Waals surface area contributed by atoms with Crippen LogP contribution < -0.4 is 0 Å². The molecule has 3 rings (SSSR count). The molecule has 102 valence electrons. The van der Waals surface area contributed by atoms with Crippen LogP contribution in [0.2, 0.25) is 0 Å². The monoisotopic (exact) mass is 369 g/mol. The van der Waals surface area contributed by atoms with Crippen LogP contribution in [0.3, 0.4) is 0 Å². The van der Waals surface area contributed by atoms with Crippen molar-refractivity contribution in [2.45, 2.75) is 13.3 Å². The number of halogens is 2. The minimum absolute atomic E-state index is 0.138. The fraction of sp³-hybridized carbons (Fsp3) is 0.143. The van der Waals surface area contributed by atoms with E-state index in [0.717, 1.165) is 15.2 Å². The van der Waals surface area contributed by atoms with Crippen LogP contribution in [0.25, 0.3) is 0 Å². The lowest BCUT2D eigenvalue weighted by molar-refractivity contribution is 0.103. The number of thiophene rings is 1. The second kappa shape index (κ2) is 4.98. The number of ketones is 1. The van der Waals surface area contributed by atoms with Gasteiger partial charge >= 0.3 is 0 Å². The van der Waals surface area contributed by atoms with Gasteiger partial charge in [0.15, 0.2) is 0 Å². The molecule has 0 radical (unpaired) electrons. The van der Waals surface area contributed by atoms with Crippen LogP contribution in [-0.4, -0.2) is 16.6 Å². The number of nitrogens with zero attached hydrogens (tertiary/aromatic N) is 1. The van der Waals surface area contributed by atoms with Crippen molar-refractivity contribution in [2.24, 2.45) is 4.99 Å². The number of fused-ring (bicyclic) bond motifs is 1. The number of Topliss-reactive ketones (excluding diaryl/α,β-unsaturated/α-hetero) is 1. The second-order valence-corrected chi connectivity index (χ2v) is 7.42. The van der Waals surface area contributed by atoms with E-state index < -0.39 is 0 Å². The lowest BCUT2D eigenvalue weighted by Crippen LogP contribution is -2.17. The average molecular weight is 371 g/mol. The van der Waals surface area contributed by atoms with Crippen molar-refractivity contribution in [2.75, 3.05) is 0 Å². The van der Waals surface area contributed by atoms with Crippen LogP contribution in [0, 0.1) is 0 Å². The van der Waals surface area contributed by atoms with Crippen molar-refractivity contribution in [3.8, 4) is 0 Å². The van der Waals surface area contributed by atoms with Crippen LogP contribution in [0.4, 0.5) is 0 Å². The first-order valence-corrected chi connectivity index (χ1v) is 7.84. The van der Waals surface area contributed by atoms with E-state index in [1.165, 1.54) is 11.3 Å². The smallest absolute Gasteiger partial charge is 0.207 e. The minimum atomic E-state index is -0.232. The molecule has 0 saturated heterocycles. The summed E-state index contributed by atoms with van der Waals surface area (Å²) in [5.41, 5.74) is 2.47. The van der Waals surface area contributed by atoms with Crippen LogP contribution in [0.1, 0.15) is 23.0 Å². The largest absolute Gasteiger partial charge is 0.506 e. The minimum Gasteiger partial charge on any atom is -0.506 e. The zero-order chi connectivity index (χ0) is 14.4. The summed E-state index contributed by atoms with van der Waals surface area (Å²) in [4.78, 5) is 17.5. The summed E-state index contributed by atoms with van der Waals surface area (Å²) in [6, 6.07) is 3.53. The quantitative estimate of drug-likeness (QED) is 0.763. The Morgan fingerprint density at radius 3 is 2.90 bits per heavy atom. The molecule has 1 aromatic heterocycles. The fourth-order valence-electron chi connectivity index (χ4n) is 2.23. The van der Waals surface area contributed by atoms with Gasteiger partial charge in [0.1, 0.15) is 5.76 Å². The number of carbonyl (C=O) groups is 1. The maximum atomic E-state index is 12.6.